The summed E-state index contributed by atoms with van der Waals surface area (Å²) in [6.45, 7) is 6.02. The van der Waals surface area contributed by atoms with Crippen molar-refractivity contribution < 1.29 is 4.79 Å². The summed E-state index contributed by atoms with van der Waals surface area (Å²) in [6, 6.07) is 16.2. The zero-order valence-electron chi connectivity index (χ0n) is 15.5. The average Bonchev–Trinajstić information content (AvgIpc) is 3.24. The minimum atomic E-state index is -0.299. The Morgan fingerprint density at radius 2 is 1.85 bits per heavy atom. The van der Waals surface area contributed by atoms with Crippen LogP contribution in [0.3, 0.4) is 0 Å². The van der Waals surface area contributed by atoms with Crippen molar-refractivity contribution in [3.63, 3.8) is 0 Å². The van der Waals surface area contributed by atoms with Crippen molar-refractivity contribution in [1.82, 2.24) is 20.2 Å². The van der Waals surface area contributed by atoms with Gasteiger partial charge in [-0.1, -0.05) is 48.2 Å². The van der Waals surface area contributed by atoms with Crippen LogP contribution in [0.15, 0.2) is 53.7 Å². The molecular formula is C20H21N5OS. The quantitative estimate of drug-likeness (QED) is 0.650. The predicted octanol–water partition coefficient (Wildman–Crippen LogP) is 3.43. The number of aromatic nitrogens is 4. The Hall–Kier alpha value is -2.67. The third kappa shape index (κ3) is 3.23. The number of anilines is 1. The lowest BCUT2D eigenvalue weighted by atomic mass is 10.1. The van der Waals surface area contributed by atoms with Crippen LogP contribution < -0.4 is 4.90 Å². The second-order valence-corrected chi connectivity index (χ2v) is 8.12. The van der Waals surface area contributed by atoms with Gasteiger partial charge in [0, 0.05) is 11.7 Å². The molecule has 1 amide bonds. The molecular weight excluding hydrogens is 358 g/mol. The molecule has 3 aromatic rings. The van der Waals surface area contributed by atoms with Crippen LogP contribution in [0.2, 0.25) is 0 Å². The van der Waals surface area contributed by atoms with Gasteiger partial charge < -0.3 is 4.90 Å². The molecule has 0 aliphatic carbocycles. The molecule has 4 rings (SSSR count). The molecule has 0 fully saturated rings. The summed E-state index contributed by atoms with van der Waals surface area (Å²) in [6.07, 6.45) is 0.889. The van der Waals surface area contributed by atoms with Gasteiger partial charge in [0.05, 0.1) is 10.9 Å². The number of amides is 1. The van der Waals surface area contributed by atoms with Gasteiger partial charge in [-0.25, -0.2) is 0 Å². The summed E-state index contributed by atoms with van der Waals surface area (Å²) < 4.78 is 1.70. The molecule has 1 aliphatic rings. The maximum absolute atomic E-state index is 13.2. The minimum absolute atomic E-state index is 0.0804. The van der Waals surface area contributed by atoms with E-state index in [1.54, 1.807) is 4.68 Å². The smallest absolute Gasteiger partial charge is 0.240 e. The van der Waals surface area contributed by atoms with E-state index in [0.717, 1.165) is 23.4 Å². The standard InChI is InChI=1S/C20H21N5OS/c1-13-8-4-6-10-17(13)25-20(21-22-23-25)27-15(3)19(26)24-14(2)12-16-9-5-7-11-18(16)24/h4-11,14-15H,12H2,1-3H3. The molecule has 1 aromatic heterocycles. The number of carbonyl (C=O) groups is 1. The predicted molar refractivity (Wildman–Crippen MR) is 106 cm³/mol. The second-order valence-electron chi connectivity index (χ2n) is 6.81. The first-order valence-electron chi connectivity index (χ1n) is 8.98. The van der Waals surface area contributed by atoms with E-state index in [1.807, 2.05) is 61.2 Å². The Balaban J connectivity index is 1.57. The van der Waals surface area contributed by atoms with Crippen molar-refractivity contribution in [3.05, 3.63) is 59.7 Å². The number of rotatable bonds is 4. The largest absolute Gasteiger partial charge is 0.308 e. The van der Waals surface area contributed by atoms with Crippen LogP contribution in [0.4, 0.5) is 5.69 Å². The molecule has 27 heavy (non-hydrogen) atoms. The first-order valence-corrected chi connectivity index (χ1v) is 9.86. The highest BCUT2D eigenvalue weighted by Gasteiger charge is 2.34. The number of aryl methyl sites for hydroxylation is 1. The van der Waals surface area contributed by atoms with Gasteiger partial charge in [-0.05, 0) is 60.9 Å². The first kappa shape index (κ1) is 17.7. The van der Waals surface area contributed by atoms with E-state index in [0.29, 0.717) is 5.16 Å². The van der Waals surface area contributed by atoms with Gasteiger partial charge in [-0.15, -0.1) is 5.10 Å². The molecule has 0 radical (unpaired) electrons. The maximum atomic E-state index is 13.2. The van der Waals surface area contributed by atoms with Crippen molar-refractivity contribution in [2.45, 2.75) is 43.6 Å². The average molecular weight is 379 g/mol. The van der Waals surface area contributed by atoms with Gasteiger partial charge in [-0.2, -0.15) is 4.68 Å². The lowest BCUT2D eigenvalue weighted by molar-refractivity contribution is -0.118. The number of benzene rings is 2. The zero-order chi connectivity index (χ0) is 19.0. The Morgan fingerprint density at radius 1 is 1.15 bits per heavy atom. The number of fused-ring (bicyclic) bond motifs is 1. The van der Waals surface area contributed by atoms with Crippen LogP contribution in [0.1, 0.15) is 25.0 Å². The number of carbonyl (C=O) groups excluding carboxylic acids is 1. The molecule has 6 nitrogen and oxygen atoms in total. The van der Waals surface area contributed by atoms with Crippen molar-refractivity contribution in [1.29, 1.82) is 0 Å². The number of para-hydroxylation sites is 2. The van der Waals surface area contributed by atoms with E-state index in [2.05, 4.69) is 28.5 Å². The van der Waals surface area contributed by atoms with Crippen LogP contribution in [-0.4, -0.2) is 37.4 Å². The van der Waals surface area contributed by atoms with Crippen molar-refractivity contribution >= 4 is 23.4 Å². The molecule has 0 saturated carbocycles. The third-order valence-corrected chi connectivity index (χ3v) is 5.88. The van der Waals surface area contributed by atoms with Crippen LogP contribution in [0.5, 0.6) is 0 Å². The molecule has 0 saturated heterocycles. The molecule has 2 unspecified atom stereocenters. The summed E-state index contributed by atoms with van der Waals surface area (Å²) in [5, 5.41) is 12.4. The third-order valence-electron chi connectivity index (χ3n) is 4.86. The maximum Gasteiger partial charge on any atom is 0.240 e. The van der Waals surface area contributed by atoms with Gasteiger partial charge in [-0.3, -0.25) is 4.79 Å². The lowest BCUT2D eigenvalue weighted by Crippen LogP contribution is -2.40. The normalized spacial score (nSPS) is 17.0. The highest BCUT2D eigenvalue weighted by Crippen LogP contribution is 2.34. The number of hydrogen-bond acceptors (Lipinski definition) is 5. The summed E-state index contributed by atoms with van der Waals surface area (Å²) >= 11 is 1.39. The van der Waals surface area contributed by atoms with E-state index in [4.69, 9.17) is 0 Å². The molecule has 138 valence electrons. The summed E-state index contributed by atoms with van der Waals surface area (Å²) in [5.41, 5.74) is 4.23. The monoisotopic (exact) mass is 379 g/mol. The Labute approximate surface area is 162 Å². The number of hydrogen-bond donors (Lipinski definition) is 0. The summed E-state index contributed by atoms with van der Waals surface area (Å²) in [4.78, 5) is 15.1. The molecule has 0 N–H and O–H groups in total. The Kier molecular flexibility index (Phi) is 4.70. The molecule has 0 bridgehead atoms. The lowest BCUT2D eigenvalue weighted by Gasteiger charge is -2.25. The van der Waals surface area contributed by atoms with E-state index in [-0.39, 0.29) is 17.2 Å². The fourth-order valence-electron chi connectivity index (χ4n) is 3.51. The van der Waals surface area contributed by atoms with Gasteiger partial charge in [0.15, 0.2) is 0 Å². The Bertz CT molecular complexity index is 986. The van der Waals surface area contributed by atoms with Gasteiger partial charge >= 0.3 is 0 Å². The topological polar surface area (TPSA) is 63.9 Å². The highest BCUT2D eigenvalue weighted by atomic mass is 32.2. The molecule has 2 heterocycles. The molecule has 2 aromatic carbocycles. The zero-order valence-corrected chi connectivity index (χ0v) is 16.3. The van der Waals surface area contributed by atoms with E-state index >= 15 is 0 Å². The molecule has 2 atom stereocenters. The van der Waals surface area contributed by atoms with Crippen molar-refractivity contribution in [2.24, 2.45) is 0 Å². The second kappa shape index (κ2) is 7.15. The fraction of sp³-hybridized carbons (Fsp3) is 0.300. The summed E-state index contributed by atoms with van der Waals surface area (Å²) in [7, 11) is 0. The van der Waals surface area contributed by atoms with Crippen LogP contribution in [-0.2, 0) is 11.2 Å². The van der Waals surface area contributed by atoms with E-state index in [9.17, 15) is 4.79 Å². The van der Waals surface area contributed by atoms with Crippen LogP contribution in [0.25, 0.3) is 5.69 Å². The van der Waals surface area contributed by atoms with E-state index < -0.39 is 0 Å². The molecule has 0 spiro atoms. The van der Waals surface area contributed by atoms with Gasteiger partial charge in [0.1, 0.15) is 0 Å². The highest BCUT2D eigenvalue weighted by molar-refractivity contribution is 8.00. The SMILES string of the molecule is Cc1ccccc1-n1nnnc1SC(C)C(=O)N1c2ccccc2CC1C. The van der Waals surface area contributed by atoms with Crippen molar-refractivity contribution in [2.75, 3.05) is 4.90 Å². The van der Waals surface area contributed by atoms with Crippen LogP contribution >= 0.6 is 11.8 Å². The molecule has 7 heteroatoms. The van der Waals surface area contributed by atoms with Crippen molar-refractivity contribution in [3.8, 4) is 5.69 Å². The first-order chi connectivity index (χ1) is 13.1. The Morgan fingerprint density at radius 3 is 2.63 bits per heavy atom. The fourth-order valence-corrected chi connectivity index (χ4v) is 4.36. The molecule has 1 aliphatic heterocycles. The number of nitrogens with zero attached hydrogens (tertiary/aromatic N) is 5. The summed E-state index contributed by atoms with van der Waals surface area (Å²) in [5.74, 6) is 0.0804. The van der Waals surface area contributed by atoms with Gasteiger partial charge in [0.25, 0.3) is 0 Å². The number of tetrazole rings is 1. The van der Waals surface area contributed by atoms with Crippen LogP contribution in [0, 0.1) is 6.92 Å². The van der Waals surface area contributed by atoms with Gasteiger partial charge in [0.2, 0.25) is 11.1 Å². The minimum Gasteiger partial charge on any atom is -0.308 e. The van der Waals surface area contributed by atoms with E-state index in [1.165, 1.54) is 17.3 Å². The number of thioether (sulfide) groups is 1.